The molecule has 1 N–H and O–H groups in total. The molecule has 0 aliphatic rings. The molecule has 0 fully saturated rings. The molecule has 1 heterocycles. The van der Waals surface area contributed by atoms with Crippen LogP contribution in [0, 0.1) is 0 Å². The van der Waals surface area contributed by atoms with Crippen molar-refractivity contribution >= 4 is 53.4 Å². The summed E-state index contributed by atoms with van der Waals surface area (Å²) in [4.78, 5) is 16.8. The third-order valence-corrected chi connectivity index (χ3v) is 7.22. The van der Waals surface area contributed by atoms with E-state index in [1.165, 1.54) is 31.5 Å². The molecule has 0 saturated carbocycles. The van der Waals surface area contributed by atoms with Crippen LogP contribution < -0.4 is 10.1 Å². The largest absolute Gasteiger partial charge is 0.484 e. The maximum Gasteiger partial charge on any atom is 0.264 e. The van der Waals surface area contributed by atoms with Gasteiger partial charge in [-0.1, -0.05) is 41.7 Å². The van der Waals surface area contributed by atoms with Gasteiger partial charge < -0.3 is 4.74 Å². The fourth-order valence-electron chi connectivity index (χ4n) is 2.89. The van der Waals surface area contributed by atoms with Crippen molar-refractivity contribution in [2.75, 3.05) is 26.0 Å². The Hall–Kier alpha value is -3.01. The van der Waals surface area contributed by atoms with Crippen LogP contribution in [0.25, 0.3) is 21.0 Å². The quantitative estimate of drug-likeness (QED) is 0.493. The number of anilines is 1. The predicted octanol–water partition coefficient (Wildman–Crippen LogP) is 3.72. The average molecular weight is 442 g/mol. The van der Waals surface area contributed by atoms with Crippen LogP contribution in [0.5, 0.6) is 5.75 Å². The SMILES string of the molecule is CN(C)S(=O)(=O)c1ccc2nc(NC(=O)COc3ccc4ccccc4c3)sc2c1. The van der Waals surface area contributed by atoms with Gasteiger partial charge in [-0.15, -0.1) is 0 Å². The molecule has 7 nitrogen and oxygen atoms in total. The number of hydrogen-bond acceptors (Lipinski definition) is 6. The maximum atomic E-state index is 12.3. The number of carbonyl (C=O) groups excluding carboxylic acids is 1. The van der Waals surface area contributed by atoms with E-state index in [1.54, 1.807) is 12.1 Å². The average Bonchev–Trinajstić information content (AvgIpc) is 3.13. The molecule has 30 heavy (non-hydrogen) atoms. The fourth-order valence-corrected chi connectivity index (χ4v) is 4.82. The van der Waals surface area contributed by atoms with Crippen molar-refractivity contribution in [3.63, 3.8) is 0 Å². The maximum absolute atomic E-state index is 12.3. The highest BCUT2D eigenvalue weighted by Gasteiger charge is 2.18. The molecule has 0 unspecified atom stereocenters. The van der Waals surface area contributed by atoms with Gasteiger partial charge >= 0.3 is 0 Å². The molecule has 0 saturated heterocycles. The minimum atomic E-state index is -3.53. The summed E-state index contributed by atoms with van der Waals surface area (Å²) in [5.41, 5.74) is 0.614. The Balaban J connectivity index is 1.44. The van der Waals surface area contributed by atoms with Gasteiger partial charge in [0.05, 0.1) is 15.1 Å². The molecule has 3 aromatic carbocycles. The molecule has 1 amide bonds. The van der Waals surface area contributed by atoms with Crippen molar-refractivity contribution in [2.24, 2.45) is 0 Å². The summed E-state index contributed by atoms with van der Waals surface area (Å²) in [6.07, 6.45) is 0. The second-order valence-electron chi connectivity index (χ2n) is 6.78. The summed E-state index contributed by atoms with van der Waals surface area (Å²) in [5, 5.41) is 5.22. The second-order valence-corrected chi connectivity index (χ2v) is 9.96. The Morgan fingerprint density at radius 1 is 1.07 bits per heavy atom. The van der Waals surface area contributed by atoms with Crippen LogP contribution in [-0.2, 0) is 14.8 Å². The molecule has 9 heteroatoms. The Kier molecular flexibility index (Phi) is 5.42. The summed E-state index contributed by atoms with van der Waals surface area (Å²) in [7, 11) is -0.573. The molecule has 4 rings (SSSR count). The molecule has 0 bridgehead atoms. The molecular weight excluding hydrogens is 422 g/mol. The highest BCUT2D eigenvalue weighted by Crippen LogP contribution is 2.29. The van der Waals surface area contributed by atoms with E-state index in [0.29, 0.717) is 21.1 Å². The Morgan fingerprint density at radius 2 is 1.83 bits per heavy atom. The van der Waals surface area contributed by atoms with Gasteiger partial charge in [0.25, 0.3) is 5.91 Å². The van der Waals surface area contributed by atoms with Crippen LogP contribution in [0.15, 0.2) is 65.6 Å². The van der Waals surface area contributed by atoms with Crippen molar-refractivity contribution in [3.05, 3.63) is 60.7 Å². The lowest BCUT2D eigenvalue weighted by atomic mass is 10.1. The summed E-state index contributed by atoms with van der Waals surface area (Å²) in [5.74, 6) is 0.259. The predicted molar refractivity (Wildman–Crippen MR) is 119 cm³/mol. The topological polar surface area (TPSA) is 88.6 Å². The van der Waals surface area contributed by atoms with Gasteiger partial charge in [-0.05, 0) is 41.1 Å². The third kappa shape index (κ3) is 4.13. The number of ether oxygens (including phenoxy) is 1. The molecule has 0 aliphatic heterocycles. The fraction of sp³-hybridized carbons (Fsp3) is 0.143. The van der Waals surface area contributed by atoms with E-state index in [9.17, 15) is 13.2 Å². The lowest BCUT2D eigenvalue weighted by molar-refractivity contribution is -0.118. The zero-order valence-electron chi connectivity index (χ0n) is 16.3. The number of rotatable bonds is 6. The standard InChI is InChI=1S/C21H19N3O4S2/c1-24(2)30(26,27)17-9-10-18-19(12-17)29-21(22-18)23-20(25)13-28-16-8-7-14-5-3-4-6-15(14)11-16/h3-12H,13H2,1-2H3,(H,22,23,25). The van der Waals surface area contributed by atoms with Crippen LogP contribution in [0.2, 0.25) is 0 Å². The number of hydrogen-bond donors (Lipinski definition) is 1. The third-order valence-electron chi connectivity index (χ3n) is 4.48. The van der Waals surface area contributed by atoms with E-state index in [4.69, 9.17) is 4.74 Å². The number of thiazole rings is 1. The van der Waals surface area contributed by atoms with Crippen LogP contribution in [0.3, 0.4) is 0 Å². The number of amides is 1. The van der Waals surface area contributed by atoms with Crippen LogP contribution in [0.4, 0.5) is 5.13 Å². The molecule has 154 valence electrons. The van der Waals surface area contributed by atoms with Crippen molar-refractivity contribution in [1.29, 1.82) is 0 Å². The van der Waals surface area contributed by atoms with Gasteiger partial charge in [-0.25, -0.2) is 17.7 Å². The molecule has 0 spiro atoms. The number of aromatic nitrogens is 1. The summed E-state index contributed by atoms with van der Waals surface area (Å²) >= 11 is 1.21. The number of nitrogens with zero attached hydrogens (tertiary/aromatic N) is 2. The van der Waals surface area contributed by atoms with Gasteiger partial charge in [0.15, 0.2) is 11.7 Å². The van der Waals surface area contributed by atoms with Crippen molar-refractivity contribution in [2.45, 2.75) is 4.90 Å². The molecular formula is C21H19N3O4S2. The van der Waals surface area contributed by atoms with E-state index < -0.39 is 10.0 Å². The van der Waals surface area contributed by atoms with Gasteiger partial charge in [-0.3, -0.25) is 10.1 Å². The van der Waals surface area contributed by atoms with Crippen molar-refractivity contribution in [1.82, 2.24) is 9.29 Å². The second kappa shape index (κ2) is 8.02. The first-order valence-electron chi connectivity index (χ1n) is 9.07. The normalized spacial score (nSPS) is 11.8. The lowest BCUT2D eigenvalue weighted by Crippen LogP contribution is -2.22. The highest BCUT2D eigenvalue weighted by atomic mass is 32.2. The monoisotopic (exact) mass is 441 g/mol. The molecule has 0 aliphatic carbocycles. The summed E-state index contributed by atoms with van der Waals surface area (Å²) < 4.78 is 32.0. The first-order valence-corrected chi connectivity index (χ1v) is 11.3. The minimum Gasteiger partial charge on any atom is -0.484 e. The van der Waals surface area contributed by atoms with Gasteiger partial charge in [-0.2, -0.15) is 0 Å². The zero-order valence-corrected chi connectivity index (χ0v) is 18.0. The Bertz CT molecular complexity index is 1350. The molecule has 4 aromatic rings. The van der Waals surface area contributed by atoms with Gasteiger partial charge in [0.1, 0.15) is 5.75 Å². The van der Waals surface area contributed by atoms with Crippen molar-refractivity contribution < 1.29 is 17.9 Å². The molecule has 0 radical (unpaired) electrons. The van der Waals surface area contributed by atoms with E-state index in [1.807, 2.05) is 42.5 Å². The smallest absolute Gasteiger partial charge is 0.264 e. The number of sulfonamides is 1. The van der Waals surface area contributed by atoms with E-state index in [2.05, 4.69) is 10.3 Å². The first kappa shape index (κ1) is 20.3. The Labute approximate surface area is 178 Å². The van der Waals surface area contributed by atoms with Crippen LogP contribution in [0.1, 0.15) is 0 Å². The van der Waals surface area contributed by atoms with Crippen molar-refractivity contribution in [3.8, 4) is 5.75 Å². The number of benzene rings is 3. The number of fused-ring (bicyclic) bond motifs is 2. The highest BCUT2D eigenvalue weighted by molar-refractivity contribution is 7.89. The van der Waals surface area contributed by atoms with Crippen LogP contribution in [-0.4, -0.2) is 44.3 Å². The Morgan fingerprint density at radius 3 is 2.60 bits per heavy atom. The minimum absolute atomic E-state index is 0.158. The summed E-state index contributed by atoms with van der Waals surface area (Å²) in [6.45, 7) is -0.158. The zero-order chi connectivity index (χ0) is 21.3. The van der Waals surface area contributed by atoms with E-state index in [-0.39, 0.29) is 17.4 Å². The van der Waals surface area contributed by atoms with Gasteiger partial charge in [0, 0.05) is 14.1 Å². The van der Waals surface area contributed by atoms with E-state index >= 15 is 0 Å². The first-order chi connectivity index (χ1) is 14.3. The van der Waals surface area contributed by atoms with Crippen LogP contribution >= 0.6 is 11.3 Å². The molecule has 1 aromatic heterocycles. The van der Waals surface area contributed by atoms with Gasteiger partial charge in [0.2, 0.25) is 10.0 Å². The number of nitrogens with one attached hydrogen (secondary N) is 1. The molecule has 0 atom stereocenters. The number of carbonyl (C=O) groups is 1. The van der Waals surface area contributed by atoms with E-state index in [0.717, 1.165) is 15.1 Å². The summed E-state index contributed by atoms with van der Waals surface area (Å²) in [6, 6.07) is 18.2. The lowest BCUT2D eigenvalue weighted by Gasteiger charge is -2.10.